The number of allylic oxidation sites excluding steroid dienone is 1. The molecule has 0 aromatic carbocycles. The van der Waals surface area contributed by atoms with E-state index in [1.807, 2.05) is 41.3 Å². The van der Waals surface area contributed by atoms with Crippen LogP contribution >= 0.6 is 11.6 Å². The van der Waals surface area contributed by atoms with Crippen LogP contribution in [0.15, 0.2) is 11.6 Å². The SMILES string of the molecule is CC(=CCCCN(C)C)C(N)=O.C[N+](C)(C)CC(O)CCl.[Cl-]. The minimum Gasteiger partial charge on any atom is -1.00 e. The van der Waals surface area contributed by atoms with Crippen molar-refractivity contribution in [1.29, 1.82) is 0 Å². The van der Waals surface area contributed by atoms with E-state index in [1.54, 1.807) is 6.92 Å². The molecular formula is C15H33Cl2N3O2. The Morgan fingerprint density at radius 3 is 2.14 bits per heavy atom. The normalized spacial score (nSPS) is 13.0. The van der Waals surface area contributed by atoms with Crippen LogP contribution in [0.4, 0.5) is 0 Å². The second-order valence-corrected chi connectivity index (χ2v) is 6.79. The molecule has 1 amide bonds. The summed E-state index contributed by atoms with van der Waals surface area (Å²) in [7, 11) is 10.1. The summed E-state index contributed by atoms with van der Waals surface area (Å²) >= 11 is 5.40. The molecular weight excluding hydrogens is 325 g/mol. The van der Waals surface area contributed by atoms with Gasteiger partial charge in [0.25, 0.3) is 0 Å². The molecule has 0 fully saturated rings. The van der Waals surface area contributed by atoms with Gasteiger partial charge in [-0.3, -0.25) is 4.79 Å². The number of carbonyl (C=O) groups excluding carboxylic acids is 1. The van der Waals surface area contributed by atoms with Gasteiger partial charge < -0.3 is 32.6 Å². The number of amides is 1. The van der Waals surface area contributed by atoms with Crippen LogP contribution in [0.1, 0.15) is 19.8 Å². The Morgan fingerprint density at radius 2 is 1.86 bits per heavy atom. The molecule has 0 bridgehead atoms. The maximum Gasteiger partial charge on any atom is 0.244 e. The lowest BCUT2D eigenvalue weighted by atomic mass is 10.2. The summed E-state index contributed by atoms with van der Waals surface area (Å²) in [6.07, 6.45) is 3.52. The number of aliphatic hydroxyl groups is 1. The van der Waals surface area contributed by atoms with E-state index in [-0.39, 0.29) is 24.4 Å². The Kier molecular flexibility index (Phi) is 17.2. The molecule has 0 saturated carbocycles. The number of unbranched alkanes of at least 4 members (excludes halogenated alkanes) is 1. The molecule has 0 spiro atoms. The molecule has 1 atom stereocenters. The number of likely N-dealkylation sites (N-methyl/N-ethyl adjacent to an activating group) is 1. The fourth-order valence-corrected chi connectivity index (χ4v) is 1.61. The van der Waals surface area contributed by atoms with Crippen LogP contribution in [0, 0.1) is 0 Å². The average molecular weight is 358 g/mol. The molecule has 5 nitrogen and oxygen atoms in total. The Bertz CT molecular complexity index is 316. The van der Waals surface area contributed by atoms with Gasteiger partial charge in [-0.2, -0.15) is 0 Å². The second-order valence-electron chi connectivity index (χ2n) is 6.48. The molecule has 3 N–H and O–H groups in total. The van der Waals surface area contributed by atoms with Gasteiger partial charge in [-0.25, -0.2) is 0 Å². The van der Waals surface area contributed by atoms with Gasteiger partial charge in [0.2, 0.25) is 5.91 Å². The highest BCUT2D eigenvalue weighted by atomic mass is 35.5. The van der Waals surface area contributed by atoms with Gasteiger partial charge in [0, 0.05) is 5.57 Å². The number of primary amides is 1. The predicted octanol–water partition coefficient (Wildman–Crippen LogP) is -1.94. The summed E-state index contributed by atoms with van der Waals surface area (Å²) in [4.78, 5) is 12.7. The quantitative estimate of drug-likeness (QED) is 0.230. The lowest BCUT2D eigenvalue weighted by Crippen LogP contribution is -3.00. The van der Waals surface area contributed by atoms with E-state index >= 15 is 0 Å². The molecule has 0 aromatic heterocycles. The highest BCUT2D eigenvalue weighted by molar-refractivity contribution is 6.18. The summed E-state index contributed by atoms with van der Waals surface area (Å²) in [6, 6.07) is 0. The first-order chi connectivity index (χ1) is 9.49. The first-order valence-corrected chi connectivity index (χ1v) is 7.68. The fourth-order valence-electron chi connectivity index (χ4n) is 1.51. The summed E-state index contributed by atoms with van der Waals surface area (Å²) in [6.45, 7) is 3.50. The van der Waals surface area contributed by atoms with Crippen LogP contribution < -0.4 is 18.1 Å². The summed E-state index contributed by atoms with van der Waals surface area (Å²) in [5, 5.41) is 9.05. The molecule has 0 radical (unpaired) electrons. The summed E-state index contributed by atoms with van der Waals surface area (Å²) in [5.74, 6) is 0.00931. The van der Waals surface area contributed by atoms with E-state index in [4.69, 9.17) is 22.4 Å². The minimum atomic E-state index is -0.369. The maximum absolute atomic E-state index is 10.6. The Balaban J connectivity index is -0.000000326. The number of halogens is 2. The van der Waals surface area contributed by atoms with Crippen LogP contribution in [0.3, 0.4) is 0 Å². The highest BCUT2D eigenvalue weighted by Crippen LogP contribution is 1.98. The average Bonchev–Trinajstić information content (AvgIpc) is 2.32. The third kappa shape index (κ3) is 22.0. The zero-order valence-electron chi connectivity index (χ0n) is 14.8. The predicted molar refractivity (Wildman–Crippen MR) is 90.4 cm³/mol. The Labute approximate surface area is 147 Å². The van der Waals surface area contributed by atoms with E-state index in [2.05, 4.69) is 4.90 Å². The monoisotopic (exact) mass is 357 g/mol. The van der Waals surface area contributed by atoms with Crippen molar-refractivity contribution in [2.24, 2.45) is 5.73 Å². The number of nitrogens with two attached hydrogens (primary N) is 1. The first kappa shape index (κ1) is 26.6. The number of aliphatic hydroxyl groups excluding tert-OH is 1. The van der Waals surface area contributed by atoms with Gasteiger partial charge >= 0.3 is 0 Å². The minimum absolute atomic E-state index is 0. The molecule has 0 aliphatic carbocycles. The van der Waals surface area contributed by atoms with Crippen LogP contribution in [0.5, 0.6) is 0 Å². The number of quaternary nitrogens is 1. The largest absolute Gasteiger partial charge is 1.00 e. The molecule has 7 heteroatoms. The van der Waals surface area contributed by atoms with Gasteiger partial charge in [-0.15, -0.1) is 11.6 Å². The maximum atomic E-state index is 10.6. The topological polar surface area (TPSA) is 66.6 Å². The number of rotatable bonds is 8. The number of alkyl halides is 1. The lowest BCUT2D eigenvalue weighted by Gasteiger charge is -2.25. The smallest absolute Gasteiger partial charge is 0.244 e. The van der Waals surface area contributed by atoms with E-state index in [0.29, 0.717) is 18.0 Å². The van der Waals surface area contributed by atoms with E-state index in [9.17, 15) is 4.79 Å². The number of hydrogen-bond donors (Lipinski definition) is 2. The third-order valence-electron chi connectivity index (χ3n) is 2.59. The van der Waals surface area contributed by atoms with Gasteiger partial charge in [0.15, 0.2) is 0 Å². The van der Waals surface area contributed by atoms with Crippen molar-refractivity contribution in [1.82, 2.24) is 4.90 Å². The zero-order chi connectivity index (χ0) is 17.1. The van der Waals surface area contributed by atoms with Crippen LogP contribution in [0.25, 0.3) is 0 Å². The van der Waals surface area contributed by atoms with E-state index in [1.165, 1.54) is 0 Å². The Morgan fingerprint density at radius 1 is 1.36 bits per heavy atom. The molecule has 0 aliphatic rings. The van der Waals surface area contributed by atoms with Gasteiger partial charge in [0.05, 0.1) is 27.0 Å². The number of carbonyl (C=O) groups is 1. The third-order valence-corrected chi connectivity index (χ3v) is 2.94. The molecule has 0 heterocycles. The first-order valence-electron chi connectivity index (χ1n) is 7.15. The summed E-state index contributed by atoms with van der Waals surface area (Å²) in [5.41, 5.74) is 5.72. The molecule has 1 unspecified atom stereocenters. The number of nitrogens with zero attached hydrogens (tertiary/aromatic N) is 2. The number of hydrogen-bond acceptors (Lipinski definition) is 3. The van der Waals surface area contributed by atoms with Crippen LogP contribution in [-0.4, -0.2) is 80.7 Å². The van der Waals surface area contributed by atoms with Crippen LogP contribution in [0.2, 0.25) is 0 Å². The fraction of sp³-hybridized carbons (Fsp3) is 0.800. The molecule has 22 heavy (non-hydrogen) atoms. The van der Waals surface area contributed by atoms with Crippen molar-refractivity contribution in [3.8, 4) is 0 Å². The van der Waals surface area contributed by atoms with Gasteiger partial charge in [-0.05, 0) is 40.4 Å². The Hall–Kier alpha value is -0.330. The van der Waals surface area contributed by atoms with E-state index < -0.39 is 0 Å². The van der Waals surface area contributed by atoms with Crippen molar-refractivity contribution < 1.29 is 26.8 Å². The molecule has 0 aliphatic heterocycles. The second kappa shape index (κ2) is 14.3. The standard InChI is InChI=1S/C9H18N2O.C6H15ClNO.ClH/c1-8(9(10)12)6-4-5-7-11(2)3;1-8(2,3)5-6(9)4-7;/h6H,4-5,7H2,1-3H3,(H2,10,12);6,9H,4-5H2,1-3H3;1H/q;+1;/p-1. The van der Waals surface area contributed by atoms with Crippen molar-refractivity contribution in [2.45, 2.75) is 25.9 Å². The highest BCUT2D eigenvalue weighted by Gasteiger charge is 2.13. The van der Waals surface area contributed by atoms with Crippen LogP contribution in [-0.2, 0) is 4.79 Å². The van der Waals surface area contributed by atoms with E-state index in [0.717, 1.165) is 23.9 Å². The van der Waals surface area contributed by atoms with Gasteiger partial charge in [0.1, 0.15) is 12.6 Å². The van der Waals surface area contributed by atoms with Crippen molar-refractivity contribution in [2.75, 3.05) is 54.2 Å². The molecule has 0 rings (SSSR count). The zero-order valence-corrected chi connectivity index (χ0v) is 16.3. The van der Waals surface area contributed by atoms with Crippen molar-refractivity contribution >= 4 is 17.5 Å². The van der Waals surface area contributed by atoms with Crippen molar-refractivity contribution in [3.05, 3.63) is 11.6 Å². The molecule has 0 saturated heterocycles. The lowest BCUT2D eigenvalue weighted by molar-refractivity contribution is -0.873. The summed E-state index contributed by atoms with van der Waals surface area (Å²) < 4.78 is 0.758. The molecule has 0 aromatic rings. The van der Waals surface area contributed by atoms with Crippen molar-refractivity contribution in [3.63, 3.8) is 0 Å². The molecule has 134 valence electrons. The van der Waals surface area contributed by atoms with Gasteiger partial charge in [-0.1, -0.05) is 6.08 Å².